The van der Waals surface area contributed by atoms with Crippen LogP contribution in [0.3, 0.4) is 0 Å². The minimum absolute atomic E-state index is 0.0102. The number of benzene rings is 3. The summed E-state index contributed by atoms with van der Waals surface area (Å²) in [6.45, 7) is 9.20. The Morgan fingerprint density at radius 1 is 0.970 bits per heavy atom. The van der Waals surface area contributed by atoms with E-state index in [0.717, 1.165) is 16.7 Å². The smallest absolute Gasteiger partial charge is 0.242 e. The minimum atomic E-state index is -0.482. The Morgan fingerprint density at radius 3 is 2.42 bits per heavy atom. The highest BCUT2D eigenvalue weighted by atomic mass is 16.2. The molecule has 0 fully saturated rings. The van der Waals surface area contributed by atoms with E-state index in [4.69, 9.17) is 0 Å². The number of rotatable bonds is 10. The fourth-order valence-electron chi connectivity index (χ4n) is 4.24. The molecule has 33 heavy (non-hydrogen) atoms. The average Bonchev–Trinajstić information content (AvgIpc) is 2.81. The molecule has 0 aliphatic carbocycles. The third-order valence-electron chi connectivity index (χ3n) is 5.99. The molecule has 0 saturated heterocycles. The maximum atomic E-state index is 13.5. The highest BCUT2D eigenvalue weighted by Gasteiger charge is 2.28. The highest BCUT2D eigenvalue weighted by molar-refractivity contribution is 5.89. The van der Waals surface area contributed by atoms with Gasteiger partial charge in [0, 0.05) is 19.5 Å². The normalized spacial score (nSPS) is 12.0. The standard InChI is InChI=1S/C29H36N2O2/c1-5-27(29(33)30-19-21(2)3)31(20-23-11-8-10-22(4)18-23)28(32)17-16-25-14-9-13-24-12-6-7-15-26(24)25/h6-15,18,21,27H,5,16-17,19-20H2,1-4H3,(H,30,33). The van der Waals surface area contributed by atoms with Crippen LogP contribution in [-0.4, -0.2) is 29.3 Å². The zero-order valence-electron chi connectivity index (χ0n) is 20.3. The van der Waals surface area contributed by atoms with Crippen LogP contribution in [0.15, 0.2) is 66.7 Å². The van der Waals surface area contributed by atoms with Gasteiger partial charge >= 0.3 is 0 Å². The molecule has 0 bridgehead atoms. The molecular weight excluding hydrogens is 408 g/mol. The van der Waals surface area contributed by atoms with Crippen LogP contribution in [0.2, 0.25) is 0 Å². The monoisotopic (exact) mass is 444 g/mol. The van der Waals surface area contributed by atoms with Crippen molar-refractivity contribution in [2.24, 2.45) is 5.92 Å². The van der Waals surface area contributed by atoms with Crippen molar-refractivity contribution in [2.75, 3.05) is 6.54 Å². The first-order valence-electron chi connectivity index (χ1n) is 12.0. The van der Waals surface area contributed by atoms with E-state index in [2.05, 4.69) is 49.5 Å². The van der Waals surface area contributed by atoms with Crippen molar-refractivity contribution < 1.29 is 9.59 Å². The Labute approximate surface area is 198 Å². The molecule has 0 spiro atoms. The number of amides is 2. The summed E-state index contributed by atoms with van der Waals surface area (Å²) in [5, 5.41) is 5.39. The molecule has 0 heterocycles. The number of nitrogens with one attached hydrogen (secondary N) is 1. The molecule has 174 valence electrons. The quantitative estimate of drug-likeness (QED) is 0.439. The topological polar surface area (TPSA) is 49.4 Å². The van der Waals surface area contributed by atoms with Crippen molar-refractivity contribution in [1.29, 1.82) is 0 Å². The molecule has 0 aliphatic heterocycles. The predicted octanol–water partition coefficient (Wildman–Crippen LogP) is 5.66. The van der Waals surface area contributed by atoms with Crippen molar-refractivity contribution >= 4 is 22.6 Å². The van der Waals surface area contributed by atoms with Gasteiger partial charge in [-0.3, -0.25) is 9.59 Å². The number of fused-ring (bicyclic) bond motifs is 1. The first-order valence-corrected chi connectivity index (χ1v) is 12.0. The molecule has 0 aromatic heterocycles. The molecule has 0 radical (unpaired) electrons. The molecular formula is C29H36N2O2. The van der Waals surface area contributed by atoms with Crippen molar-refractivity contribution in [3.05, 3.63) is 83.4 Å². The van der Waals surface area contributed by atoms with Gasteiger partial charge in [-0.2, -0.15) is 0 Å². The number of nitrogens with zero attached hydrogens (tertiary/aromatic N) is 1. The van der Waals surface area contributed by atoms with E-state index >= 15 is 0 Å². The lowest BCUT2D eigenvalue weighted by atomic mass is 10.00. The van der Waals surface area contributed by atoms with Gasteiger partial charge in [-0.15, -0.1) is 0 Å². The minimum Gasteiger partial charge on any atom is -0.354 e. The van der Waals surface area contributed by atoms with E-state index < -0.39 is 6.04 Å². The summed E-state index contributed by atoms with van der Waals surface area (Å²) in [6, 6.07) is 22.2. The largest absolute Gasteiger partial charge is 0.354 e. The van der Waals surface area contributed by atoms with Gasteiger partial charge in [-0.1, -0.05) is 93.1 Å². The molecule has 3 rings (SSSR count). The Kier molecular flexibility index (Phi) is 8.65. The lowest BCUT2D eigenvalue weighted by Gasteiger charge is -2.31. The van der Waals surface area contributed by atoms with Crippen LogP contribution >= 0.6 is 0 Å². The van der Waals surface area contributed by atoms with Crippen LogP contribution in [0.25, 0.3) is 10.8 Å². The third kappa shape index (κ3) is 6.67. The Balaban J connectivity index is 1.82. The summed E-state index contributed by atoms with van der Waals surface area (Å²) >= 11 is 0. The van der Waals surface area contributed by atoms with Gasteiger partial charge < -0.3 is 10.2 Å². The Hall–Kier alpha value is -3.14. The molecule has 1 atom stereocenters. The molecule has 4 nitrogen and oxygen atoms in total. The van der Waals surface area contributed by atoms with E-state index in [1.54, 1.807) is 4.90 Å². The fraction of sp³-hybridized carbons (Fsp3) is 0.379. The van der Waals surface area contributed by atoms with Gasteiger partial charge in [0.2, 0.25) is 11.8 Å². The summed E-state index contributed by atoms with van der Waals surface area (Å²) in [6.07, 6.45) is 1.60. The van der Waals surface area contributed by atoms with Crippen LogP contribution in [0, 0.1) is 12.8 Å². The summed E-state index contributed by atoms with van der Waals surface area (Å²) < 4.78 is 0. The Bertz CT molecular complexity index is 1080. The van der Waals surface area contributed by atoms with Crippen molar-refractivity contribution in [1.82, 2.24) is 10.2 Å². The highest BCUT2D eigenvalue weighted by Crippen LogP contribution is 2.21. The maximum absolute atomic E-state index is 13.5. The Morgan fingerprint density at radius 2 is 1.70 bits per heavy atom. The molecule has 4 heteroatoms. The van der Waals surface area contributed by atoms with E-state index in [1.807, 2.05) is 50.2 Å². The van der Waals surface area contributed by atoms with Crippen molar-refractivity contribution in [2.45, 2.75) is 59.5 Å². The number of aryl methyl sites for hydroxylation is 2. The second-order valence-electron chi connectivity index (χ2n) is 9.21. The molecule has 1 unspecified atom stereocenters. The SMILES string of the molecule is CCC(C(=O)NCC(C)C)N(Cc1cccc(C)c1)C(=O)CCc1cccc2ccccc12. The second-order valence-corrected chi connectivity index (χ2v) is 9.21. The number of carbonyl (C=O) groups excluding carboxylic acids is 2. The van der Waals surface area contributed by atoms with Crippen molar-refractivity contribution in [3.8, 4) is 0 Å². The van der Waals surface area contributed by atoms with Crippen LogP contribution in [0.4, 0.5) is 0 Å². The predicted molar refractivity (Wildman–Crippen MR) is 136 cm³/mol. The van der Waals surface area contributed by atoms with Gasteiger partial charge in [0.25, 0.3) is 0 Å². The lowest BCUT2D eigenvalue weighted by Crippen LogP contribution is -2.49. The van der Waals surface area contributed by atoms with E-state index in [0.29, 0.717) is 38.3 Å². The molecule has 3 aromatic rings. The summed E-state index contributed by atoms with van der Waals surface area (Å²) in [5.74, 6) is 0.298. The van der Waals surface area contributed by atoms with Crippen LogP contribution in [-0.2, 0) is 22.6 Å². The van der Waals surface area contributed by atoms with Gasteiger partial charge in [-0.25, -0.2) is 0 Å². The molecule has 0 aliphatic rings. The van der Waals surface area contributed by atoms with E-state index in [9.17, 15) is 9.59 Å². The van der Waals surface area contributed by atoms with E-state index in [-0.39, 0.29) is 11.8 Å². The molecule has 0 saturated carbocycles. The van der Waals surface area contributed by atoms with E-state index in [1.165, 1.54) is 10.8 Å². The lowest BCUT2D eigenvalue weighted by molar-refractivity contribution is -0.141. The molecule has 1 N–H and O–H groups in total. The first-order chi connectivity index (χ1) is 15.9. The number of hydrogen-bond donors (Lipinski definition) is 1. The van der Waals surface area contributed by atoms with Crippen LogP contribution in [0.1, 0.15) is 50.3 Å². The van der Waals surface area contributed by atoms with Gasteiger partial charge in [0.1, 0.15) is 6.04 Å². The molecule has 3 aromatic carbocycles. The molecule has 2 amide bonds. The summed E-state index contributed by atoms with van der Waals surface area (Å²) in [4.78, 5) is 28.3. The van der Waals surface area contributed by atoms with Crippen molar-refractivity contribution in [3.63, 3.8) is 0 Å². The zero-order valence-corrected chi connectivity index (χ0v) is 20.3. The summed E-state index contributed by atoms with van der Waals surface area (Å²) in [5.41, 5.74) is 3.35. The van der Waals surface area contributed by atoms with Crippen LogP contribution < -0.4 is 5.32 Å². The van der Waals surface area contributed by atoms with Gasteiger partial charge in [0.05, 0.1) is 0 Å². The van der Waals surface area contributed by atoms with Gasteiger partial charge in [0.15, 0.2) is 0 Å². The maximum Gasteiger partial charge on any atom is 0.242 e. The second kappa shape index (κ2) is 11.6. The average molecular weight is 445 g/mol. The fourth-order valence-corrected chi connectivity index (χ4v) is 4.24. The number of hydrogen-bond acceptors (Lipinski definition) is 2. The summed E-state index contributed by atoms with van der Waals surface area (Å²) in [7, 11) is 0. The van der Waals surface area contributed by atoms with Crippen LogP contribution in [0.5, 0.6) is 0 Å². The first kappa shape index (κ1) is 24.5. The van der Waals surface area contributed by atoms with Gasteiger partial charge in [-0.05, 0) is 47.6 Å². The third-order valence-corrected chi connectivity index (χ3v) is 5.99. The number of carbonyl (C=O) groups is 2. The zero-order chi connectivity index (χ0) is 23.8.